The van der Waals surface area contributed by atoms with Crippen LogP contribution in [0.15, 0.2) is 0 Å². The fourth-order valence-corrected chi connectivity index (χ4v) is 0.615. The van der Waals surface area contributed by atoms with Crippen LogP contribution in [0.4, 0.5) is 0 Å². The van der Waals surface area contributed by atoms with Gasteiger partial charge in [0.05, 0.1) is 28.2 Å². The third-order valence-corrected chi connectivity index (χ3v) is 1.52. The van der Waals surface area contributed by atoms with E-state index in [2.05, 4.69) is 5.43 Å². The maximum absolute atomic E-state index is 5.34. The number of rotatable bonds is 0. The summed E-state index contributed by atoms with van der Waals surface area (Å²) >= 11 is 16.0. The highest BCUT2D eigenvalue weighted by Crippen LogP contribution is 2.07. The molecule has 0 amide bonds. The molecule has 0 saturated carbocycles. The molecule has 1 aliphatic rings. The minimum atomic E-state index is 0. The summed E-state index contributed by atoms with van der Waals surface area (Å²) in [6.07, 6.45) is 1.38. The van der Waals surface area contributed by atoms with Gasteiger partial charge in [0.25, 0.3) is 6.34 Å². The number of halogens is 4. The average molecular weight is 212 g/mol. The second kappa shape index (κ2) is 3.53. The Kier molecular flexibility index (Phi) is 3.68. The van der Waals surface area contributed by atoms with Crippen LogP contribution in [-0.4, -0.2) is 19.8 Å². The summed E-state index contributed by atoms with van der Waals surface area (Å²) in [5, 5.41) is 0. The van der Waals surface area contributed by atoms with E-state index in [4.69, 9.17) is 35.3 Å². The molecule has 0 bridgehead atoms. The van der Waals surface area contributed by atoms with Crippen molar-refractivity contribution in [1.29, 1.82) is 0 Å². The van der Waals surface area contributed by atoms with Gasteiger partial charge in [-0.05, 0) is 8.84 Å². The lowest BCUT2D eigenvalue weighted by Gasteiger charge is -2.03. The van der Waals surface area contributed by atoms with Gasteiger partial charge in [-0.2, -0.15) is 5.43 Å². The molecule has 0 unspecified atom stereocenters. The van der Waals surface area contributed by atoms with E-state index in [1.54, 1.807) is 0 Å². The molecule has 8 heteroatoms. The molecule has 0 fully saturated rings. The Balaban J connectivity index is 0.000000640. The first kappa shape index (κ1) is 9.39. The van der Waals surface area contributed by atoms with E-state index < -0.39 is 0 Å². The van der Waals surface area contributed by atoms with Crippen LogP contribution < -0.4 is 17.8 Å². The van der Waals surface area contributed by atoms with Crippen LogP contribution in [0, 0.1) is 0 Å². The summed E-state index contributed by atoms with van der Waals surface area (Å²) in [7, 11) is 0. The summed E-state index contributed by atoms with van der Waals surface area (Å²) in [6.45, 7) is 0. The molecule has 0 aromatic rings. The van der Waals surface area contributed by atoms with Gasteiger partial charge in [-0.1, -0.05) is 0 Å². The minimum absolute atomic E-state index is 0. The second-order valence-corrected chi connectivity index (χ2v) is 2.02. The summed E-state index contributed by atoms with van der Waals surface area (Å²) in [4.78, 5) is 0. The first-order valence-corrected chi connectivity index (χ1v) is 2.69. The van der Waals surface area contributed by atoms with Crippen molar-refractivity contribution in [1.82, 2.24) is 14.7 Å². The van der Waals surface area contributed by atoms with E-state index >= 15 is 0 Å². The third kappa shape index (κ3) is 1.91. The summed E-state index contributed by atoms with van der Waals surface area (Å²) in [5.41, 5.74) is 2.48. The molecule has 1 N–H and O–H groups in total. The molecule has 9 heavy (non-hydrogen) atoms. The van der Waals surface area contributed by atoms with E-state index in [-0.39, 0.29) is 12.4 Å². The maximum Gasteiger partial charge on any atom is 0.299 e. The fourth-order valence-electron chi connectivity index (χ4n) is 0.266. The maximum atomic E-state index is 5.34. The van der Waals surface area contributed by atoms with E-state index in [1.165, 1.54) is 6.34 Å². The quantitative estimate of drug-likeness (QED) is 0.446. The van der Waals surface area contributed by atoms with Crippen LogP contribution in [0.25, 0.3) is 0 Å². The van der Waals surface area contributed by atoms with Gasteiger partial charge in [0.15, 0.2) is 11.8 Å². The number of hydrogen-bond donors (Lipinski definition) is 1. The standard InChI is InChI=1S/CHCl3N4.ClH/c2-6-1-5-7(3)8(6)4;/h1H;1H. The highest BCUT2D eigenvalue weighted by molar-refractivity contribution is 6.20. The predicted molar refractivity (Wildman–Crippen MR) is 30.7 cm³/mol. The van der Waals surface area contributed by atoms with E-state index in [0.717, 1.165) is 13.5 Å². The lowest BCUT2D eigenvalue weighted by molar-refractivity contribution is -0.552. The van der Waals surface area contributed by atoms with E-state index in [0.29, 0.717) is 0 Å². The second-order valence-electron chi connectivity index (χ2n) is 1.05. The van der Waals surface area contributed by atoms with Gasteiger partial charge in [0.2, 0.25) is 0 Å². The smallest absolute Gasteiger partial charge is 0.299 e. The highest BCUT2D eigenvalue weighted by atomic mass is 35.5. The molecule has 0 aliphatic carbocycles. The van der Waals surface area contributed by atoms with Crippen molar-refractivity contribution in [3.8, 4) is 0 Å². The molecule has 1 heterocycles. The van der Waals surface area contributed by atoms with Crippen LogP contribution in [0.3, 0.4) is 0 Å². The molecular weight excluding hydrogens is 210 g/mol. The van der Waals surface area contributed by atoms with Gasteiger partial charge in [-0.15, -0.1) is 0 Å². The fraction of sp³-hybridized carbons (Fsp3) is 0. The van der Waals surface area contributed by atoms with Crippen molar-refractivity contribution in [2.45, 2.75) is 0 Å². The molecule has 4 nitrogen and oxygen atoms in total. The van der Waals surface area contributed by atoms with Crippen LogP contribution in [0.1, 0.15) is 0 Å². The van der Waals surface area contributed by atoms with Gasteiger partial charge in [0, 0.05) is 0 Å². The van der Waals surface area contributed by atoms with Gasteiger partial charge in [-0.25, -0.2) is 0 Å². The highest BCUT2D eigenvalue weighted by Gasteiger charge is 2.25. The van der Waals surface area contributed by atoms with Crippen LogP contribution in [0.5, 0.6) is 0 Å². The Bertz CT molecular complexity index is 124. The summed E-state index contributed by atoms with van der Waals surface area (Å²) in [5.74, 6) is 0. The van der Waals surface area contributed by atoms with Crippen molar-refractivity contribution in [3.63, 3.8) is 0 Å². The normalized spacial score (nSPS) is 18.6. The number of nitrogens with zero attached hydrogens (tertiary/aromatic N) is 3. The number of hydrazone groups is 1. The minimum Gasteiger partial charge on any atom is -1.00 e. The molecule has 0 spiro atoms. The zero-order valence-corrected chi connectivity index (χ0v) is 6.95. The molecule has 0 aromatic carbocycles. The SMILES string of the molecule is ClN1NC=[N+](Cl)N1Cl.[Cl-]. The average Bonchev–Trinajstić information content (AvgIpc) is 1.98. The first-order valence-electron chi connectivity index (χ1n) is 1.68. The number of hydrazine groups is 3. The number of nitrogens with one attached hydrogen (secondary N) is 1. The van der Waals surface area contributed by atoms with Crippen LogP contribution in [-0.2, 0) is 0 Å². The lowest BCUT2D eigenvalue weighted by Crippen LogP contribution is -3.00. The Hall–Kier alpha value is 0.390. The summed E-state index contributed by atoms with van der Waals surface area (Å²) < 4.78 is 2.98. The van der Waals surface area contributed by atoms with Crippen LogP contribution in [0.2, 0.25) is 0 Å². The van der Waals surface area contributed by atoms with Gasteiger partial charge in [0.1, 0.15) is 0 Å². The predicted octanol–water partition coefficient (Wildman–Crippen LogP) is -2.56. The van der Waals surface area contributed by atoms with Crippen molar-refractivity contribution in [3.05, 3.63) is 0 Å². The van der Waals surface area contributed by atoms with Gasteiger partial charge >= 0.3 is 0 Å². The molecule has 0 saturated heterocycles. The van der Waals surface area contributed by atoms with Gasteiger partial charge in [-0.3, -0.25) is 0 Å². The van der Waals surface area contributed by atoms with Crippen molar-refractivity contribution < 1.29 is 16.6 Å². The lowest BCUT2D eigenvalue weighted by atomic mass is 11.4. The summed E-state index contributed by atoms with van der Waals surface area (Å²) in [6, 6.07) is 0. The molecule has 1 aliphatic heterocycles. The first-order chi connectivity index (χ1) is 3.72. The molecule has 0 atom stereocenters. The third-order valence-electron chi connectivity index (χ3n) is 0.573. The van der Waals surface area contributed by atoms with E-state index in [1.807, 2.05) is 0 Å². The molecule has 0 aromatic heterocycles. The van der Waals surface area contributed by atoms with Gasteiger partial charge < -0.3 is 12.4 Å². The Morgan fingerprint density at radius 1 is 1.44 bits per heavy atom. The Morgan fingerprint density at radius 2 is 2.00 bits per heavy atom. The van der Waals surface area contributed by atoms with Crippen molar-refractivity contribution in [2.75, 3.05) is 0 Å². The zero-order valence-electron chi connectivity index (χ0n) is 3.93. The zero-order chi connectivity index (χ0) is 6.15. The molecular formula is CH2Cl4N4. The Morgan fingerprint density at radius 3 is 2.11 bits per heavy atom. The van der Waals surface area contributed by atoms with Crippen LogP contribution >= 0.6 is 35.3 Å². The molecule has 0 radical (unpaired) electrons. The topological polar surface area (TPSA) is 21.5 Å². The monoisotopic (exact) mass is 210 g/mol. The molecule has 54 valence electrons. The largest absolute Gasteiger partial charge is 1.00 e. The Labute approximate surface area is 73.2 Å². The molecule has 1 rings (SSSR count). The van der Waals surface area contributed by atoms with Crippen molar-refractivity contribution in [2.24, 2.45) is 0 Å². The van der Waals surface area contributed by atoms with Crippen molar-refractivity contribution >= 4 is 41.7 Å². The van der Waals surface area contributed by atoms with E-state index in [9.17, 15) is 0 Å². The number of hydrogen-bond acceptors (Lipinski definition) is 3.